The molecular formula is C18H19NO3. The number of hydrogen-bond donors (Lipinski definition) is 1. The highest BCUT2D eigenvalue weighted by Gasteiger charge is 2.19. The SMILES string of the molecule is CC(CN(CC(=O)c1ccccc1)c1ccccc1)C(=O)O. The van der Waals surface area contributed by atoms with Gasteiger partial charge in [0.15, 0.2) is 5.78 Å². The fourth-order valence-electron chi connectivity index (χ4n) is 2.20. The van der Waals surface area contributed by atoms with Crippen molar-refractivity contribution in [2.24, 2.45) is 5.92 Å². The quantitative estimate of drug-likeness (QED) is 0.798. The van der Waals surface area contributed by atoms with Crippen molar-refractivity contribution in [3.05, 3.63) is 66.2 Å². The van der Waals surface area contributed by atoms with E-state index < -0.39 is 11.9 Å². The molecule has 0 aromatic heterocycles. The van der Waals surface area contributed by atoms with Crippen LogP contribution in [0.2, 0.25) is 0 Å². The van der Waals surface area contributed by atoms with E-state index in [1.54, 1.807) is 19.1 Å². The third-order valence-electron chi connectivity index (χ3n) is 3.47. The van der Waals surface area contributed by atoms with Crippen molar-refractivity contribution in [2.45, 2.75) is 6.92 Å². The molecule has 22 heavy (non-hydrogen) atoms. The van der Waals surface area contributed by atoms with Gasteiger partial charge < -0.3 is 10.0 Å². The van der Waals surface area contributed by atoms with Crippen LogP contribution in [0.15, 0.2) is 60.7 Å². The number of para-hydroxylation sites is 1. The Labute approximate surface area is 130 Å². The van der Waals surface area contributed by atoms with E-state index in [2.05, 4.69) is 0 Å². The molecule has 0 amide bonds. The molecule has 0 aliphatic heterocycles. The van der Waals surface area contributed by atoms with Crippen LogP contribution in [0.5, 0.6) is 0 Å². The second-order valence-electron chi connectivity index (χ2n) is 5.24. The minimum Gasteiger partial charge on any atom is -0.481 e. The van der Waals surface area contributed by atoms with Gasteiger partial charge in [0.2, 0.25) is 0 Å². The molecule has 1 N–H and O–H groups in total. The van der Waals surface area contributed by atoms with E-state index in [1.165, 1.54) is 0 Å². The second kappa shape index (κ2) is 7.41. The molecule has 0 saturated heterocycles. The lowest BCUT2D eigenvalue weighted by Gasteiger charge is -2.26. The molecule has 0 aliphatic rings. The first-order valence-corrected chi connectivity index (χ1v) is 7.19. The molecular weight excluding hydrogens is 278 g/mol. The molecule has 4 heteroatoms. The molecule has 2 aromatic rings. The van der Waals surface area contributed by atoms with Crippen molar-refractivity contribution in [2.75, 3.05) is 18.0 Å². The van der Waals surface area contributed by atoms with Crippen molar-refractivity contribution in [3.8, 4) is 0 Å². The molecule has 0 spiro atoms. The standard InChI is InChI=1S/C18H19NO3/c1-14(18(21)22)12-19(16-10-6-3-7-11-16)13-17(20)15-8-4-2-5-9-15/h2-11,14H,12-13H2,1H3,(H,21,22). The van der Waals surface area contributed by atoms with Crippen LogP contribution in [0.1, 0.15) is 17.3 Å². The van der Waals surface area contributed by atoms with Gasteiger partial charge in [-0.3, -0.25) is 9.59 Å². The van der Waals surface area contributed by atoms with Crippen LogP contribution in [0.25, 0.3) is 0 Å². The summed E-state index contributed by atoms with van der Waals surface area (Å²) in [7, 11) is 0. The number of ketones is 1. The molecule has 114 valence electrons. The number of Topliss-reactive ketones (excluding diaryl/α,β-unsaturated/α-hetero) is 1. The number of hydrogen-bond acceptors (Lipinski definition) is 3. The van der Waals surface area contributed by atoms with Crippen LogP contribution in [0.4, 0.5) is 5.69 Å². The van der Waals surface area contributed by atoms with Gasteiger partial charge in [-0.1, -0.05) is 55.5 Å². The number of aliphatic carboxylic acids is 1. The van der Waals surface area contributed by atoms with E-state index in [0.717, 1.165) is 5.69 Å². The average Bonchev–Trinajstić information content (AvgIpc) is 2.55. The zero-order chi connectivity index (χ0) is 15.9. The number of carbonyl (C=O) groups is 2. The van der Waals surface area contributed by atoms with Crippen LogP contribution in [-0.4, -0.2) is 29.9 Å². The monoisotopic (exact) mass is 297 g/mol. The number of nitrogens with zero attached hydrogens (tertiary/aromatic N) is 1. The summed E-state index contributed by atoms with van der Waals surface area (Å²) in [6.07, 6.45) is 0. The largest absolute Gasteiger partial charge is 0.481 e. The molecule has 4 nitrogen and oxygen atoms in total. The molecule has 1 atom stereocenters. The first-order chi connectivity index (χ1) is 10.6. The molecule has 0 heterocycles. The van der Waals surface area contributed by atoms with E-state index in [4.69, 9.17) is 5.11 Å². The summed E-state index contributed by atoms with van der Waals surface area (Å²) in [4.78, 5) is 25.3. The Bertz CT molecular complexity index is 625. The number of carboxylic acid groups (broad SMARTS) is 1. The predicted molar refractivity (Wildman–Crippen MR) is 86.2 cm³/mol. The highest BCUT2D eigenvalue weighted by molar-refractivity contribution is 5.99. The Morgan fingerprint density at radius 3 is 2.09 bits per heavy atom. The van der Waals surface area contributed by atoms with Gasteiger partial charge in [-0.2, -0.15) is 0 Å². The first kappa shape index (κ1) is 15.8. The van der Waals surface area contributed by atoms with Crippen molar-refractivity contribution < 1.29 is 14.7 Å². The number of anilines is 1. The van der Waals surface area contributed by atoms with Crippen molar-refractivity contribution >= 4 is 17.4 Å². The summed E-state index contributed by atoms with van der Waals surface area (Å²) in [5.74, 6) is -1.45. The van der Waals surface area contributed by atoms with Gasteiger partial charge in [0.1, 0.15) is 0 Å². The summed E-state index contributed by atoms with van der Waals surface area (Å²) < 4.78 is 0. The Kier molecular flexibility index (Phi) is 5.31. The highest BCUT2D eigenvalue weighted by atomic mass is 16.4. The number of carboxylic acids is 1. The van der Waals surface area contributed by atoms with E-state index in [0.29, 0.717) is 5.56 Å². The van der Waals surface area contributed by atoms with Crippen molar-refractivity contribution in [1.29, 1.82) is 0 Å². The summed E-state index contributed by atoms with van der Waals surface area (Å²) >= 11 is 0. The topological polar surface area (TPSA) is 57.6 Å². The van der Waals surface area contributed by atoms with E-state index in [9.17, 15) is 9.59 Å². The maximum atomic E-state index is 12.4. The van der Waals surface area contributed by atoms with Crippen molar-refractivity contribution in [1.82, 2.24) is 0 Å². The third kappa shape index (κ3) is 4.19. The number of rotatable bonds is 7. The Morgan fingerprint density at radius 2 is 1.55 bits per heavy atom. The molecule has 0 aliphatic carbocycles. The summed E-state index contributed by atoms with van der Waals surface area (Å²) in [6, 6.07) is 18.4. The molecule has 2 aromatic carbocycles. The fraction of sp³-hybridized carbons (Fsp3) is 0.222. The average molecular weight is 297 g/mol. The van der Waals surface area contributed by atoms with Crippen LogP contribution in [-0.2, 0) is 4.79 Å². The minimum atomic E-state index is -0.868. The Balaban J connectivity index is 2.18. The van der Waals surface area contributed by atoms with E-state index in [-0.39, 0.29) is 18.9 Å². The number of benzene rings is 2. The molecule has 2 rings (SSSR count). The summed E-state index contributed by atoms with van der Waals surface area (Å²) in [6.45, 7) is 2.09. The molecule has 0 fully saturated rings. The summed E-state index contributed by atoms with van der Waals surface area (Å²) in [5.41, 5.74) is 1.48. The highest BCUT2D eigenvalue weighted by Crippen LogP contribution is 2.16. The van der Waals surface area contributed by atoms with Gasteiger partial charge in [-0.15, -0.1) is 0 Å². The minimum absolute atomic E-state index is 0.0259. The van der Waals surface area contributed by atoms with Gasteiger partial charge >= 0.3 is 5.97 Å². The lowest BCUT2D eigenvalue weighted by Crippen LogP contribution is -2.36. The van der Waals surface area contributed by atoms with Crippen LogP contribution < -0.4 is 4.90 Å². The van der Waals surface area contributed by atoms with Gasteiger partial charge in [0, 0.05) is 17.8 Å². The Hall–Kier alpha value is -2.62. The lowest BCUT2D eigenvalue weighted by molar-refractivity contribution is -0.140. The third-order valence-corrected chi connectivity index (χ3v) is 3.47. The fourth-order valence-corrected chi connectivity index (χ4v) is 2.20. The predicted octanol–water partition coefficient (Wildman–Crippen LogP) is 3.10. The van der Waals surface area contributed by atoms with Crippen molar-refractivity contribution in [3.63, 3.8) is 0 Å². The molecule has 0 bridgehead atoms. The Morgan fingerprint density at radius 1 is 1.00 bits per heavy atom. The normalized spacial score (nSPS) is 11.7. The molecule has 0 saturated carbocycles. The zero-order valence-corrected chi connectivity index (χ0v) is 12.5. The van der Waals surface area contributed by atoms with Crippen LogP contribution in [0.3, 0.4) is 0 Å². The zero-order valence-electron chi connectivity index (χ0n) is 12.5. The first-order valence-electron chi connectivity index (χ1n) is 7.19. The van der Waals surface area contributed by atoms with Crippen LogP contribution in [0, 0.1) is 5.92 Å². The number of carbonyl (C=O) groups excluding carboxylic acids is 1. The summed E-state index contributed by atoms with van der Waals surface area (Å²) in [5, 5.41) is 9.12. The van der Waals surface area contributed by atoms with Crippen LogP contribution >= 0.6 is 0 Å². The van der Waals surface area contributed by atoms with Gasteiger partial charge in [0.25, 0.3) is 0 Å². The molecule has 1 unspecified atom stereocenters. The second-order valence-corrected chi connectivity index (χ2v) is 5.24. The maximum absolute atomic E-state index is 12.4. The van der Waals surface area contributed by atoms with E-state index >= 15 is 0 Å². The molecule has 0 radical (unpaired) electrons. The van der Waals surface area contributed by atoms with Gasteiger partial charge in [-0.05, 0) is 12.1 Å². The van der Waals surface area contributed by atoms with Gasteiger partial charge in [0.05, 0.1) is 12.5 Å². The smallest absolute Gasteiger partial charge is 0.308 e. The van der Waals surface area contributed by atoms with Gasteiger partial charge in [-0.25, -0.2) is 0 Å². The lowest BCUT2D eigenvalue weighted by atomic mass is 10.1. The maximum Gasteiger partial charge on any atom is 0.308 e. The van der Waals surface area contributed by atoms with E-state index in [1.807, 2.05) is 53.4 Å².